The third kappa shape index (κ3) is 7.15. The van der Waals surface area contributed by atoms with Gasteiger partial charge in [0.05, 0.1) is 13.7 Å². The molecule has 6 nitrogen and oxygen atoms in total. The number of carbonyl (C=O) groups is 3. The number of methoxy groups -OCH3 is 1. The van der Waals surface area contributed by atoms with Gasteiger partial charge in [-0.3, -0.25) is 9.59 Å². The molecule has 0 N–H and O–H groups in total. The van der Waals surface area contributed by atoms with Gasteiger partial charge >= 0.3 is 18.1 Å². The Morgan fingerprint density at radius 1 is 1.05 bits per heavy atom. The monoisotopic (exact) mass is 334 g/mol. The normalized spacial score (nSPS) is 13.9. The van der Waals surface area contributed by atoms with Crippen molar-refractivity contribution >= 4 is 29.9 Å². The van der Waals surface area contributed by atoms with Crippen LogP contribution in [0.5, 0.6) is 0 Å². The molecule has 22 heavy (non-hydrogen) atoms. The highest BCUT2D eigenvalue weighted by molar-refractivity contribution is 8.00. The Kier molecular flexibility index (Phi) is 8.52. The summed E-state index contributed by atoms with van der Waals surface area (Å²) in [5.74, 6) is -1.56. The molecule has 0 aliphatic heterocycles. The van der Waals surface area contributed by atoms with Gasteiger partial charge < -0.3 is 14.2 Å². The minimum atomic E-state index is -1.56. The summed E-state index contributed by atoms with van der Waals surface area (Å²) < 4.78 is 13.9. The molecule has 0 rings (SSSR count). The van der Waals surface area contributed by atoms with Crippen molar-refractivity contribution in [2.75, 3.05) is 19.5 Å². The van der Waals surface area contributed by atoms with Crippen molar-refractivity contribution in [2.24, 2.45) is 5.41 Å². The Bertz CT molecular complexity index is 401. The van der Waals surface area contributed by atoms with Gasteiger partial charge in [-0.25, -0.2) is 4.79 Å². The number of hydrogen-bond donors (Lipinski definition) is 0. The summed E-state index contributed by atoms with van der Waals surface area (Å²) >= 11 is 1.41. The van der Waals surface area contributed by atoms with Gasteiger partial charge in [0.2, 0.25) is 0 Å². The molecule has 0 heterocycles. The first-order valence-corrected chi connectivity index (χ1v) is 8.16. The van der Waals surface area contributed by atoms with E-state index >= 15 is 0 Å². The molecular weight excluding hydrogens is 308 g/mol. The molecule has 0 aliphatic carbocycles. The molecule has 0 bridgehead atoms. The lowest BCUT2D eigenvalue weighted by Gasteiger charge is -2.27. The Labute approximate surface area is 136 Å². The molecule has 0 radical (unpaired) electrons. The summed E-state index contributed by atoms with van der Waals surface area (Å²) in [6.45, 7) is 9.39. The first-order chi connectivity index (χ1) is 10.1. The number of carbonyl (C=O) groups excluding carboxylic acids is 3. The first-order valence-electron chi connectivity index (χ1n) is 7.18. The van der Waals surface area contributed by atoms with Crippen molar-refractivity contribution in [2.45, 2.75) is 52.2 Å². The zero-order valence-electron chi connectivity index (χ0n) is 14.2. The Balaban J connectivity index is 4.84. The van der Waals surface area contributed by atoms with E-state index in [0.29, 0.717) is 6.42 Å². The van der Waals surface area contributed by atoms with Crippen molar-refractivity contribution in [1.82, 2.24) is 0 Å². The topological polar surface area (TPSA) is 78.9 Å². The molecule has 1 atom stereocenters. The van der Waals surface area contributed by atoms with E-state index in [1.54, 1.807) is 0 Å². The van der Waals surface area contributed by atoms with E-state index in [-0.39, 0.29) is 17.1 Å². The lowest BCUT2D eigenvalue weighted by molar-refractivity contribution is -0.164. The van der Waals surface area contributed by atoms with E-state index in [2.05, 4.69) is 9.47 Å². The zero-order chi connectivity index (χ0) is 17.4. The Hall–Kier alpha value is -1.24. The summed E-state index contributed by atoms with van der Waals surface area (Å²) in [6.07, 6.45) is 0.440. The molecule has 7 heteroatoms. The number of thioether (sulfide) groups is 1. The lowest BCUT2D eigenvalue weighted by Crippen LogP contribution is -2.43. The average Bonchev–Trinajstić information content (AvgIpc) is 2.43. The zero-order valence-corrected chi connectivity index (χ0v) is 15.0. The first kappa shape index (κ1) is 20.8. The van der Waals surface area contributed by atoms with Gasteiger partial charge in [0.15, 0.2) is 5.41 Å². The van der Waals surface area contributed by atoms with Crippen LogP contribution in [0.3, 0.4) is 0 Å². The van der Waals surface area contributed by atoms with Gasteiger partial charge in [0.25, 0.3) is 0 Å². The van der Waals surface area contributed by atoms with E-state index in [9.17, 15) is 14.4 Å². The fourth-order valence-corrected chi connectivity index (χ4v) is 2.26. The van der Waals surface area contributed by atoms with E-state index in [1.807, 2.05) is 27.7 Å². The molecule has 0 aromatic carbocycles. The molecule has 128 valence electrons. The van der Waals surface area contributed by atoms with Crippen LogP contribution in [0.2, 0.25) is 0 Å². The van der Waals surface area contributed by atoms with Crippen LogP contribution in [0, 0.1) is 5.41 Å². The quantitative estimate of drug-likeness (QED) is 0.402. The van der Waals surface area contributed by atoms with Gasteiger partial charge in [-0.05, 0) is 13.3 Å². The molecule has 0 saturated heterocycles. The van der Waals surface area contributed by atoms with Crippen LogP contribution < -0.4 is 0 Å². The molecule has 0 unspecified atom stereocenters. The van der Waals surface area contributed by atoms with Crippen molar-refractivity contribution in [3.63, 3.8) is 0 Å². The largest absolute Gasteiger partial charge is 0.516 e. The second-order valence-corrected chi connectivity index (χ2v) is 7.87. The van der Waals surface area contributed by atoms with Crippen LogP contribution in [-0.2, 0) is 23.8 Å². The summed E-state index contributed by atoms with van der Waals surface area (Å²) in [6, 6.07) is 0. The third-order valence-electron chi connectivity index (χ3n) is 2.77. The van der Waals surface area contributed by atoms with Crippen molar-refractivity contribution < 1.29 is 28.6 Å². The number of rotatable bonds is 7. The van der Waals surface area contributed by atoms with Gasteiger partial charge in [-0.15, -0.1) is 0 Å². The van der Waals surface area contributed by atoms with Crippen LogP contribution in [0.15, 0.2) is 0 Å². The van der Waals surface area contributed by atoms with Crippen LogP contribution in [-0.4, -0.2) is 42.3 Å². The predicted octanol–water partition coefficient (Wildman–Crippen LogP) is 3.18. The van der Waals surface area contributed by atoms with Gasteiger partial charge in [0.1, 0.15) is 0 Å². The maximum absolute atomic E-state index is 12.2. The molecule has 0 aromatic rings. The van der Waals surface area contributed by atoms with E-state index in [1.165, 1.54) is 25.8 Å². The number of hydrogen-bond acceptors (Lipinski definition) is 7. The summed E-state index contributed by atoms with van der Waals surface area (Å²) in [4.78, 5) is 35.6. The summed E-state index contributed by atoms with van der Waals surface area (Å²) in [5.41, 5.74) is -1.56. The van der Waals surface area contributed by atoms with E-state index in [0.717, 1.165) is 6.42 Å². The minimum Gasteiger partial charge on any atom is -0.468 e. The van der Waals surface area contributed by atoms with E-state index < -0.39 is 23.5 Å². The average molecular weight is 334 g/mol. The fraction of sp³-hybridized carbons (Fsp3) is 0.800. The highest BCUT2D eigenvalue weighted by Gasteiger charge is 2.46. The molecule has 0 aliphatic rings. The van der Waals surface area contributed by atoms with Crippen LogP contribution in [0.1, 0.15) is 47.5 Å². The lowest BCUT2D eigenvalue weighted by atomic mass is 9.94. The van der Waals surface area contributed by atoms with Crippen LogP contribution >= 0.6 is 11.8 Å². The molecule has 0 fully saturated rings. The second kappa shape index (κ2) is 9.02. The number of esters is 2. The van der Waals surface area contributed by atoms with Crippen LogP contribution in [0.4, 0.5) is 4.79 Å². The number of unbranched alkanes of at least 4 members (excludes halogenated alkanes) is 1. The smallest absolute Gasteiger partial charge is 0.468 e. The number of ether oxygens (including phenoxy) is 3. The van der Waals surface area contributed by atoms with E-state index in [4.69, 9.17) is 4.74 Å². The molecule has 0 saturated carbocycles. The van der Waals surface area contributed by atoms with Gasteiger partial charge in [-0.1, -0.05) is 34.1 Å². The Morgan fingerprint density at radius 3 is 2.09 bits per heavy atom. The summed E-state index contributed by atoms with van der Waals surface area (Å²) in [7, 11) is 1.19. The minimum absolute atomic E-state index is 0.143. The maximum Gasteiger partial charge on any atom is 0.516 e. The molecule has 0 aromatic heterocycles. The standard InChI is InChI=1S/C15H26O6S/c1-7-8-9-20-13(18)21-12(17)15(5,11(16)19-6)10-22-14(2,3)4/h7-10H2,1-6H3/t15-/m1/s1. The van der Waals surface area contributed by atoms with Crippen molar-refractivity contribution in [1.29, 1.82) is 0 Å². The van der Waals surface area contributed by atoms with Gasteiger partial charge in [0, 0.05) is 10.5 Å². The fourth-order valence-electron chi connectivity index (χ4n) is 1.30. The van der Waals surface area contributed by atoms with Crippen molar-refractivity contribution in [3.8, 4) is 0 Å². The van der Waals surface area contributed by atoms with Gasteiger partial charge in [-0.2, -0.15) is 11.8 Å². The summed E-state index contributed by atoms with van der Waals surface area (Å²) in [5, 5.41) is 0. The maximum atomic E-state index is 12.2. The highest BCUT2D eigenvalue weighted by Crippen LogP contribution is 2.33. The highest BCUT2D eigenvalue weighted by atomic mass is 32.2. The van der Waals surface area contributed by atoms with Crippen molar-refractivity contribution in [3.05, 3.63) is 0 Å². The van der Waals surface area contributed by atoms with Crippen LogP contribution in [0.25, 0.3) is 0 Å². The predicted molar refractivity (Wildman–Crippen MR) is 84.7 cm³/mol. The Morgan fingerprint density at radius 2 is 1.64 bits per heavy atom. The molecule has 0 amide bonds. The third-order valence-corrected chi connectivity index (χ3v) is 4.36. The molecular formula is C15H26O6S. The molecule has 0 spiro atoms. The second-order valence-electron chi connectivity index (χ2n) is 6.07. The SMILES string of the molecule is CCCCOC(=O)OC(=O)[C@](C)(CSC(C)(C)C)C(=O)OC.